The fraction of sp³-hybridized carbons (Fsp3) is 0.643. The second kappa shape index (κ2) is 4.54. The Morgan fingerprint density at radius 3 is 2.88 bits per heavy atom. The SMILES string of the molecule is CCC(O)(CC)C1CCCc2cccnc21. The molecule has 1 aliphatic carbocycles. The van der Waals surface area contributed by atoms with Crippen LogP contribution in [0.5, 0.6) is 0 Å². The Balaban J connectivity index is 2.38. The van der Waals surface area contributed by atoms with Crippen LogP contribution >= 0.6 is 0 Å². The van der Waals surface area contributed by atoms with Gasteiger partial charge >= 0.3 is 0 Å². The molecule has 1 atom stereocenters. The molecule has 2 heteroatoms. The first-order chi connectivity index (χ1) is 7.71. The number of aliphatic hydroxyl groups is 1. The quantitative estimate of drug-likeness (QED) is 0.847. The molecule has 1 unspecified atom stereocenters. The van der Waals surface area contributed by atoms with Crippen molar-refractivity contribution in [3.63, 3.8) is 0 Å². The highest BCUT2D eigenvalue weighted by atomic mass is 16.3. The van der Waals surface area contributed by atoms with E-state index in [9.17, 15) is 5.11 Å². The smallest absolute Gasteiger partial charge is 0.0726 e. The van der Waals surface area contributed by atoms with Gasteiger partial charge in [0.1, 0.15) is 0 Å². The molecule has 0 radical (unpaired) electrons. The Hall–Kier alpha value is -0.890. The summed E-state index contributed by atoms with van der Waals surface area (Å²) >= 11 is 0. The van der Waals surface area contributed by atoms with Crippen LogP contribution in [0.2, 0.25) is 0 Å². The van der Waals surface area contributed by atoms with Gasteiger partial charge in [0, 0.05) is 17.8 Å². The molecular formula is C14H21NO. The molecule has 1 N–H and O–H groups in total. The van der Waals surface area contributed by atoms with Crippen molar-refractivity contribution in [1.82, 2.24) is 4.98 Å². The zero-order chi connectivity index (χ0) is 11.6. The first-order valence-corrected chi connectivity index (χ1v) is 6.37. The summed E-state index contributed by atoms with van der Waals surface area (Å²) in [6, 6.07) is 4.15. The van der Waals surface area contributed by atoms with Crippen molar-refractivity contribution in [3.8, 4) is 0 Å². The third kappa shape index (κ3) is 1.86. The first-order valence-electron chi connectivity index (χ1n) is 6.37. The van der Waals surface area contributed by atoms with Crippen molar-refractivity contribution in [3.05, 3.63) is 29.6 Å². The first kappa shape index (κ1) is 11.6. The number of fused-ring (bicyclic) bond motifs is 1. The molecule has 0 fully saturated rings. The summed E-state index contributed by atoms with van der Waals surface area (Å²) in [5, 5.41) is 10.7. The van der Waals surface area contributed by atoms with Gasteiger partial charge < -0.3 is 5.11 Å². The lowest BCUT2D eigenvalue weighted by Gasteiger charge is -2.37. The maximum atomic E-state index is 10.7. The van der Waals surface area contributed by atoms with Gasteiger partial charge in [0.2, 0.25) is 0 Å². The Morgan fingerprint density at radius 2 is 2.19 bits per heavy atom. The Kier molecular flexibility index (Phi) is 3.29. The molecule has 0 saturated carbocycles. The molecule has 0 spiro atoms. The summed E-state index contributed by atoms with van der Waals surface area (Å²) in [4.78, 5) is 4.50. The molecule has 0 saturated heterocycles. The van der Waals surface area contributed by atoms with E-state index in [0.29, 0.717) is 0 Å². The van der Waals surface area contributed by atoms with E-state index in [2.05, 4.69) is 24.9 Å². The van der Waals surface area contributed by atoms with Gasteiger partial charge in [-0.1, -0.05) is 19.9 Å². The fourth-order valence-corrected chi connectivity index (χ4v) is 2.88. The van der Waals surface area contributed by atoms with Gasteiger partial charge in [0.25, 0.3) is 0 Å². The van der Waals surface area contributed by atoms with Crippen LogP contribution in [-0.4, -0.2) is 15.7 Å². The van der Waals surface area contributed by atoms with E-state index in [4.69, 9.17) is 0 Å². The van der Waals surface area contributed by atoms with Gasteiger partial charge in [-0.15, -0.1) is 0 Å². The van der Waals surface area contributed by atoms with Crippen molar-refractivity contribution < 1.29 is 5.11 Å². The number of aromatic nitrogens is 1. The second-order valence-electron chi connectivity index (χ2n) is 4.80. The van der Waals surface area contributed by atoms with Crippen molar-refractivity contribution in [1.29, 1.82) is 0 Å². The Morgan fingerprint density at radius 1 is 1.44 bits per heavy atom. The van der Waals surface area contributed by atoms with Gasteiger partial charge in [-0.3, -0.25) is 4.98 Å². The molecule has 1 aromatic heterocycles. The highest BCUT2D eigenvalue weighted by Crippen LogP contribution is 2.41. The monoisotopic (exact) mass is 219 g/mol. The predicted molar refractivity (Wildman–Crippen MR) is 65.4 cm³/mol. The van der Waals surface area contributed by atoms with Crippen LogP contribution in [0.25, 0.3) is 0 Å². The van der Waals surface area contributed by atoms with E-state index in [1.807, 2.05) is 12.3 Å². The molecule has 1 aliphatic rings. The van der Waals surface area contributed by atoms with Crippen LogP contribution in [0.15, 0.2) is 18.3 Å². The largest absolute Gasteiger partial charge is 0.389 e. The standard InChI is InChI=1S/C14H21NO/c1-3-14(16,4-2)12-9-5-7-11-8-6-10-15-13(11)12/h6,8,10,12,16H,3-5,7,9H2,1-2H3. The maximum Gasteiger partial charge on any atom is 0.0726 e. The van der Waals surface area contributed by atoms with Crippen LogP contribution in [0.3, 0.4) is 0 Å². The van der Waals surface area contributed by atoms with Gasteiger partial charge in [0.15, 0.2) is 0 Å². The average molecular weight is 219 g/mol. The van der Waals surface area contributed by atoms with Crippen LogP contribution in [0.1, 0.15) is 56.7 Å². The van der Waals surface area contributed by atoms with Crippen LogP contribution in [-0.2, 0) is 6.42 Å². The van der Waals surface area contributed by atoms with Gasteiger partial charge in [-0.2, -0.15) is 0 Å². The van der Waals surface area contributed by atoms with Crippen molar-refractivity contribution in [2.45, 2.75) is 57.5 Å². The summed E-state index contributed by atoms with van der Waals surface area (Å²) in [5.74, 6) is 0.229. The van der Waals surface area contributed by atoms with Crippen molar-refractivity contribution >= 4 is 0 Å². The molecular weight excluding hydrogens is 198 g/mol. The second-order valence-corrected chi connectivity index (χ2v) is 4.80. The number of hydrogen-bond acceptors (Lipinski definition) is 2. The number of rotatable bonds is 3. The average Bonchev–Trinajstić information content (AvgIpc) is 2.37. The van der Waals surface area contributed by atoms with E-state index < -0.39 is 5.60 Å². The lowest BCUT2D eigenvalue weighted by atomic mass is 9.73. The van der Waals surface area contributed by atoms with Crippen molar-refractivity contribution in [2.75, 3.05) is 0 Å². The summed E-state index contributed by atoms with van der Waals surface area (Å²) in [5.41, 5.74) is 1.91. The third-order valence-corrected chi connectivity index (χ3v) is 4.07. The minimum Gasteiger partial charge on any atom is -0.389 e. The zero-order valence-corrected chi connectivity index (χ0v) is 10.2. The number of nitrogens with zero attached hydrogens (tertiary/aromatic N) is 1. The number of hydrogen-bond donors (Lipinski definition) is 1. The van der Waals surface area contributed by atoms with E-state index in [0.717, 1.165) is 31.4 Å². The minimum atomic E-state index is -0.566. The highest BCUT2D eigenvalue weighted by molar-refractivity contribution is 5.28. The topological polar surface area (TPSA) is 33.1 Å². The van der Waals surface area contributed by atoms with Crippen molar-refractivity contribution in [2.24, 2.45) is 0 Å². The Labute approximate surface area is 97.7 Å². The normalized spacial score (nSPS) is 20.6. The van der Waals surface area contributed by atoms with E-state index in [-0.39, 0.29) is 5.92 Å². The third-order valence-electron chi connectivity index (χ3n) is 4.07. The summed E-state index contributed by atoms with van der Waals surface area (Å²) < 4.78 is 0. The van der Waals surface area contributed by atoms with E-state index in [1.165, 1.54) is 12.0 Å². The number of aryl methyl sites for hydroxylation is 1. The molecule has 88 valence electrons. The predicted octanol–water partition coefficient (Wildman–Crippen LogP) is 3.05. The molecule has 0 amide bonds. The molecule has 2 nitrogen and oxygen atoms in total. The zero-order valence-electron chi connectivity index (χ0n) is 10.2. The van der Waals surface area contributed by atoms with Crippen LogP contribution in [0.4, 0.5) is 0 Å². The molecule has 1 aromatic rings. The lowest BCUT2D eigenvalue weighted by molar-refractivity contribution is -0.00259. The van der Waals surface area contributed by atoms with Gasteiger partial charge in [0.05, 0.1) is 5.60 Å². The van der Waals surface area contributed by atoms with E-state index in [1.54, 1.807) is 0 Å². The number of pyridine rings is 1. The molecule has 1 heterocycles. The van der Waals surface area contributed by atoms with Crippen LogP contribution in [0, 0.1) is 0 Å². The minimum absolute atomic E-state index is 0.229. The van der Waals surface area contributed by atoms with Crippen LogP contribution < -0.4 is 0 Å². The summed E-state index contributed by atoms with van der Waals surface area (Å²) in [6.07, 6.45) is 6.83. The molecule has 0 bridgehead atoms. The maximum absolute atomic E-state index is 10.7. The Bertz CT molecular complexity index is 358. The molecule has 0 aromatic carbocycles. The summed E-state index contributed by atoms with van der Waals surface area (Å²) in [6.45, 7) is 4.14. The van der Waals surface area contributed by atoms with Gasteiger partial charge in [-0.05, 0) is 43.7 Å². The van der Waals surface area contributed by atoms with E-state index >= 15 is 0 Å². The molecule has 2 rings (SSSR count). The summed E-state index contributed by atoms with van der Waals surface area (Å²) in [7, 11) is 0. The lowest BCUT2D eigenvalue weighted by Crippen LogP contribution is -2.37. The molecule has 16 heavy (non-hydrogen) atoms. The molecule has 0 aliphatic heterocycles. The fourth-order valence-electron chi connectivity index (χ4n) is 2.88. The highest BCUT2D eigenvalue weighted by Gasteiger charge is 2.37. The van der Waals surface area contributed by atoms with Gasteiger partial charge in [-0.25, -0.2) is 0 Å².